The van der Waals surface area contributed by atoms with Gasteiger partial charge in [-0.15, -0.1) is 0 Å². The van der Waals surface area contributed by atoms with Gasteiger partial charge in [0.1, 0.15) is 6.54 Å². The first-order valence-electron chi connectivity index (χ1n) is 12.7. The summed E-state index contributed by atoms with van der Waals surface area (Å²) in [6.07, 6.45) is 3.56. The van der Waals surface area contributed by atoms with Gasteiger partial charge in [0.2, 0.25) is 5.91 Å². The standard InChI is InChI=1S/C31H35N3O2/c1-4-18-34(31(36)27-10-6-5-9-24(27)3)22-30(35)33(21-25-15-13-23(2)14-16-25)19-17-26-20-32-29-12-8-7-11-28(26)29/h5-16,20,32H,4,17-19,21-22H2,1-3H3. The maximum Gasteiger partial charge on any atom is 0.254 e. The van der Waals surface area contributed by atoms with Crippen molar-refractivity contribution in [2.75, 3.05) is 19.6 Å². The third-order valence-electron chi connectivity index (χ3n) is 6.66. The van der Waals surface area contributed by atoms with Crippen LogP contribution < -0.4 is 0 Å². The summed E-state index contributed by atoms with van der Waals surface area (Å²) in [5, 5.41) is 1.18. The number of hydrogen-bond donors (Lipinski definition) is 1. The van der Waals surface area contributed by atoms with Crippen LogP contribution in [0.2, 0.25) is 0 Å². The second kappa shape index (κ2) is 11.7. The molecule has 0 aliphatic rings. The van der Waals surface area contributed by atoms with E-state index in [0.717, 1.165) is 29.5 Å². The van der Waals surface area contributed by atoms with E-state index in [9.17, 15) is 9.59 Å². The van der Waals surface area contributed by atoms with E-state index in [0.29, 0.717) is 25.2 Å². The number of para-hydroxylation sites is 1. The smallest absolute Gasteiger partial charge is 0.254 e. The number of hydrogen-bond acceptors (Lipinski definition) is 2. The summed E-state index contributed by atoms with van der Waals surface area (Å²) in [5.74, 6) is -0.124. The van der Waals surface area contributed by atoms with E-state index in [1.165, 1.54) is 16.5 Å². The van der Waals surface area contributed by atoms with E-state index in [4.69, 9.17) is 0 Å². The molecule has 0 unspecified atom stereocenters. The number of nitrogens with zero attached hydrogens (tertiary/aromatic N) is 2. The Balaban J connectivity index is 1.54. The number of amides is 2. The highest BCUT2D eigenvalue weighted by molar-refractivity contribution is 5.97. The van der Waals surface area contributed by atoms with Crippen LogP contribution in [0.4, 0.5) is 0 Å². The lowest BCUT2D eigenvalue weighted by molar-refractivity contribution is -0.132. The minimum Gasteiger partial charge on any atom is -0.361 e. The van der Waals surface area contributed by atoms with Gasteiger partial charge in [0.05, 0.1) is 0 Å². The Hall–Kier alpha value is -3.86. The zero-order valence-corrected chi connectivity index (χ0v) is 21.5. The van der Waals surface area contributed by atoms with Crippen LogP contribution in [-0.4, -0.2) is 46.2 Å². The van der Waals surface area contributed by atoms with Crippen molar-refractivity contribution < 1.29 is 9.59 Å². The van der Waals surface area contributed by atoms with Gasteiger partial charge in [-0.05, 0) is 55.5 Å². The van der Waals surface area contributed by atoms with E-state index in [1.807, 2.05) is 61.3 Å². The molecule has 0 saturated carbocycles. The fourth-order valence-corrected chi connectivity index (χ4v) is 4.57. The Bertz CT molecular complexity index is 1320. The molecule has 3 aromatic carbocycles. The fraction of sp³-hybridized carbons (Fsp3) is 0.290. The van der Waals surface area contributed by atoms with Crippen molar-refractivity contribution in [3.05, 3.63) is 107 Å². The number of carbonyl (C=O) groups is 2. The minimum absolute atomic E-state index is 0.0363. The van der Waals surface area contributed by atoms with Crippen LogP contribution in [0, 0.1) is 13.8 Å². The predicted octanol–water partition coefficient (Wildman–Crippen LogP) is 5.91. The second-order valence-electron chi connectivity index (χ2n) is 9.45. The van der Waals surface area contributed by atoms with Gasteiger partial charge >= 0.3 is 0 Å². The molecule has 5 nitrogen and oxygen atoms in total. The molecule has 36 heavy (non-hydrogen) atoms. The van der Waals surface area contributed by atoms with Crippen LogP contribution in [-0.2, 0) is 17.8 Å². The fourth-order valence-electron chi connectivity index (χ4n) is 4.57. The summed E-state index contributed by atoms with van der Waals surface area (Å²) in [6, 6.07) is 24.1. The highest BCUT2D eigenvalue weighted by Crippen LogP contribution is 2.19. The minimum atomic E-state index is -0.0878. The molecule has 0 radical (unpaired) electrons. The molecule has 4 aromatic rings. The molecule has 0 bridgehead atoms. The molecule has 1 aromatic heterocycles. The highest BCUT2D eigenvalue weighted by Gasteiger charge is 2.23. The third-order valence-corrected chi connectivity index (χ3v) is 6.66. The van der Waals surface area contributed by atoms with Crippen molar-refractivity contribution in [1.82, 2.24) is 14.8 Å². The molecule has 0 aliphatic heterocycles. The summed E-state index contributed by atoms with van der Waals surface area (Å²) < 4.78 is 0. The number of aromatic nitrogens is 1. The zero-order chi connectivity index (χ0) is 25.5. The Morgan fingerprint density at radius 2 is 1.56 bits per heavy atom. The predicted molar refractivity (Wildman–Crippen MR) is 146 cm³/mol. The maximum absolute atomic E-state index is 13.7. The van der Waals surface area contributed by atoms with Crippen molar-refractivity contribution >= 4 is 22.7 Å². The maximum atomic E-state index is 13.7. The topological polar surface area (TPSA) is 56.4 Å². The van der Waals surface area contributed by atoms with Gasteiger partial charge in [-0.25, -0.2) is 0 Å². The highest BCUT2D eigenvalue weighted by atomic mass is 16.2. The van der Waals surface area contributed by atoms with Crippen LogP contribution >= 0.6 is 0 Å². The largest absolute Gasteiger partial charge is 0.361 e. The number of aromatic amines is 1. The average Bonchev–Trinajstić information content (AvgIpc) is 3.30. The number of fused-ring (bicyclic) bond motifs is 1. The number of H-pyrrole nitrogens is 1. The molecule has 1 N–H and O–H groups in total. The summed E-state index contributed by atoms with van der Waals surface area (Å²) in [5.41, 5.74) is 6.14. The number of carbonyl (C=O) groups excluding carboxylic acids is 2. The molecule has 1 heterocycles. The van der Waals surface area contributed by atoms with E-state index < -0.39 is 0 Å². The van der Waals surface area contributed by atoms with Crippen molar-refractivity contribution in [2.24, 2.45) is 0 Å². The van der Waals surface area contributed by atoms with Crippen molar-refractivity contribution in [3.8, 4) is 0 Å². The molecular weight excluding hydrogens is 446 g/mol. The van der Waals surface area contributed by atoms with Gasteiger partial charge in [0.15, 0.2) is 0 Å². The summed E-state index contributed by atoms with van der Waals surface area (Å²) in [7, 11) is 0. The molecule has 0 spiro atoms. The molecule has 0 atom stereocenters. The first-order valence-corrected chi connectivity index (χ1v) is 12.7. The quantitative estimate of drug-likeness (QED) is 0.306. The third kappa shape index (κ3) is 6.03. The lowest BCUT2D eigenvalue weighted by atomic mass is 10.1. The normalized spacial score (nSPS) is 11.0. The number of nitrogens with one attached hydrogen (secondary N) is 1. The van der Waals surface area contributed by atoms with Crippen LogP contribution in [0.3, 0.4) is 0 Å². The van der Waals surface area contributed by atoms with Crippen LogP contribution in [0.15, 0.2) is 79.0 Å². The first kappa shape index (κ1) is 25.2. The molecule has 4 rings (SSSR count). The molecule has 186 valence electrons. The van der Waals surface area contributed by atoms with E-state index in [1.54, 1.807) is 4.90 Å². The zero-order valence-electron chi connectivity index (χ0n) is 21.5. The van der Waals surface area contributed by atoms with Gasteiger partial charge in [0, 0.05) is 42.3 Å². The Morgan fingerprint density at radius 3 is 2.31 bits per heavy atom. The van der Waals surface area contributed by atoms with Gasteiger partial charge in [-0.2, -0.15) is 0 Å². The molecule has 0 saturated heterocycles. The van der Waals surface area contributed by atoms with Gasteiger partial charge in [-0.1, -0.05) is 73.2 Å². The van der Waals surface area contributed by atoms with Gasteiger partial charge in [-0.3, -0.25) is 9.59 Å². The van der Waals surface area contributed by atoms with Crippen molar-refractivity contribution in [2.45, 2.75) is 40.2 Å². The van der Waals surface area contributed by atoms with E-state index in [2.05, 4.69) is 48.3 Å². The Kier molecular flexibility index (Phi) is 8.21. The van der Waals surface area contributed by atoms with Crippen LogP contribution in [0.1, 0.15) is 46.0 Å². The van der Waals surface area contributed by atoms with Gasteiger partial charge in [0.25, 0.3) is 5.91 Å². The number of rotatable bonds is 10. The monoisotopic (exact) mass is 481 g/mol. The number of aryl methyl sites for hydroxylation is 2. The number of benzene rings is 3. The lowest BCUT2D eigenvalue weighted by Crippen LogP contribution is -2.43. The SMILES string of the molecule is CCCN(CC(=O)N(CCc1c[nH]c2ccccc12)Cc1ccc(C)cc1)C(=O)c1ccccc1C. The van der Waals surface area contributed by atoms with Crippen LogP contribution in [0.5, 0.6) is 0 Å². The molecule has 0 fully saturated rings. The molecular formula is C31H35N3O2. The van der Waals surface area contributed by atoms with Crippen LogP contribution in [0.25, 0.3) is 10.9 Å². The Labute approximate surface area is 213 Å². The molecule has 5 heteroatoms. The van der Waals surface area contributed by atoms with Crippen molar-refractivity contribution in [3.63, 3.8) is 0 Å². The Morgan fingerprint density at radius 1 is 0.833 bits per heavy atom. The van der Waals surface area contributed by atoms with Crippen molar-refractivity contribution in [1.29, 1.82) is 0 Å². The van der Waals surface area contributed by atoms with E-state index in [-0.39, 0.29) is 18.4 Å². The lowest BCUT2D eigenvalue weighted by Gasteiger charge is -2.28. The molecule has 0 aliphatic carbocycles. The summed E-state index contributed by atoms with van der Waals surface area (Å²) >= 11 is 0. The first-order chi connectivity index (χ1) is 17.5. The second-order valence-corrected chi connectivity index (χ2v) is 9.45. The summed E-state index contributed by atoms with van der Waals surface area (Å²) in [4.78, 5) is 33.9. The van der Waals surface area contributed by atoms with Gasteiger partial charge < -0.3 is 14.8 Å². The summed E-state index contributed by atoms with van der Waals surface area (Å²) in [6.45, 7) is 7.73. The average molecular weight is 482 g/mol. The molecule has 2 amide bonds. The van der Waals surface area contributed by atoms with E-state index >= 15 is 0 Å².